The molecule has 0 radical (unpaired) electrons. The summed E-state index contributed by atoms with van der Waals surface area (Å²) in [6.45, 7) is 2.05. The van der Waals surface area contributed by atoms with E-state index in [1.165, 1.54) is 0 Å². The van der Waals surface area contributed by atoms with Crippen LogP contribution in [0.15, 0.2) is 60.9 Å². The van der Waals surface area contributed by atoms with Crippen molar-refractivity contribution in [3.05, 3.63) is 66.5 Å². The van der Waals surface area contributed by atoms with Crippen LogP contribution in [0.25, 0.3) is 22.4 Å². The average Bonchev–Trinajstić information content (AvgIpc) is 3.35. The summed E-state index contributed by atoms with van der Waals surface area (Å²) >= 11 is 0. The zero-order valence-corrected chi connectivity index (χ0v) is 14.3. The Kier molecular flexibility index (Phi) is 4.15. The fourth-order valence-corrected chi connectivity index (χ4v) is 2.92. The van der Waals surface area contributed by atoms with Gasteiger partial charge in [0.25, 0.3) is 0 Å². The molecular formula is C20H19N5O. The van der Waals surface area contributed by atoms with Gasteiger partial charge >= 0.3 is 0 Å². The molecule has 0 saturated carbocycles. The second-order valence-electron chi connectivity index (χ2n) is 6.05. The Hall–Kier alpha value is -3.54. The van der Waals surface area contributed by atoms with Gasteiger partial charge in [0.15, 0.2) is 5.82 Å². The fraction of sp³-hybridized carbons (Fsp3) is 0.100. The minimum absolute atomic E-state index is 0.271. The first-order valence-corrected chi connectivity index (χ1v) is 8.47. The van der Waals surface area contributed by atoms with Crippen LogP contribution in [0.1, 0.15) is 12.5 Å². The van der Waals surface area contributed by atoms with E-state index in [9.17, 15) is 5.11 Å². The van der Waals surface area contributed by atoms with E-state index in [0.29, 0.717) is 0 Å². The molecule has 2 aromatic heterocycles. The highest BCUT2D eigenvalue weighted by Gasteiger charge is 2.08. The smallest absolute Gasteiger partial charge is 0.152 e. The number of phenolic OH excluding ortho intramolecular Hbond substituents is 1. The van der Waals surface area contributed by atoms with Gasteiger partial charge in [-0.05, 0) is 41.3 Å². The molecule has 0 aliphatic heterocycles. The quantitative estimate of drug-likeness (QED) is 0.402. The highest BCUT2D eigenvalue weighted by atomic mass is 16.3. The summed E-state index contributed by atoms with van der Waals surface area (Å²) in [6, 6.07) is 15.5. The maximum Gasteiger partial charge on any atom is 0.152 e. The first-order valence-electron chi connectivity index (χ1n) is 8.47. The van der Waals surface area contributed by atoms with Gasteiger partial charge in [-0.1, -0.05) is 31.2 Å². The Morgan fingerprint density at radius 2 is 1.81 bits per heavy atom. The number of aromatic nitrogens is 4. The highest BCUT2D eigenvalue weighted by molar-refractivity contribution is 5.71. The van der Waals surface area contributed by atoms with E-state index in [1.807, 2.05) is 18.3 Å². The Balaban J connectivity index is 1.55. The standard InChI is InChI=1S/C20H19N5O/c1-2-13-9-17(26)7-8-18(13)23-20-10-19(24-25-20)15-5-3-14(4-6-15)16-11-21-22-12-16/h3-12,26H,2H2,1H3,(H,21,22)(H2,23,24,25). The lowest BCUT2D eigenvalue weighted by Crippen LogP contribution is -1.95. The number of hydrogen-bond acceptors (Lipinski definition) is 4. The van der Waals surface area contributed by atoms with Crippen LogP contribution < -0.4 is 5.32 Å². The van der Waals surface area contributed by atoms with Crippen molar-refractivity contribution < 1.29 is 5.11 Å². The van der Waals surface area contributed by atoms with Crippen molar-refractivity contribution in [2.45, 2.75) is 13.3 Å². The second-order valence-corrected chi connectivity index (χ2v) is 6.05. The average molecular weight is 345 g/mol. The molecule has 0 spiro atoms. The van der Waals surface area contributed by atoms with Crippen molar-refractivity contribution in [1.82, 2.24) is 20.4 Å². The van der Waals surface area contributed by atoms with Crippen LogP contribution in [0.2, 0.25) is 0 Å². The van der Waals surface area contributed by atoms with Gasteiger partial charge in [0.1, 0.15) is 5.75 Å². The normalized spacial score (nSPS) is 10.8. The molecule has 0 saturated heterocycles. The van der Waals surface area contributed by atoms with Gasteiger partial charge in [-0.3, -0.25) is 10.2 Å². The van der Waals surface area contributed by atoms with Crippen LogP contribution in [-0.2, 0) is 6.42 Å². The van der Waals surface area contributed by atoms with Crippen LogP contribution >= 0.6 is 0 Å². The van der Waals surface area contributed by atoms with Crippen molar-refractivity contribution in [3.63, 3.8) is 0 Å². The lowest BCUT2D eigenvalue weighted by Gasteiger charge is -2.08. The number of nitrogens with one attached hydrogen (secondary N) is 3. The van der Waals surface area contributed by atoms with E-state index in [4.69, 9.17) is 0 Å². The van der Waals surface area contributed by atoms with Crippen LogP contribution in [0.4, 0.5) is 11.5 Å². The number of benzene rings is 2. The molecule has 4 N–H and O–H groups in total. The Bertz CT molecular complexity index is 1000. The minimum Gasteiger partial charge on any atom is -0.508 e. The summed E-state index contributed by atoms with van der Waals surface area (Å²) in [5.74, 6) is 1.01. The number of aromatic hydroxyl groups is 1. The molecule has 4 aromatic rings. The summed E-state index contributed by atoms with van der Waals surface area (Å²) in [6.07, 6.45) is 4.50. The number of aryl methyl sites for hydroxylation is 1. The molecule has 6 nitrogen and oxygen atoms in total. The first kappa shape index (κ1) is 16.0. The number of nitrogens with zero attached hydrogens (tertiary/aromatic N) is 2. The van der Waals surface area contributed by atoms with Gasteiger partial charge in [0.05, 0.1) is 11.9 Å². The largest absolute Gasteiger partial charge is 0.508 e. The molecule has 6 heteroatoms. The van der Waals surface area contributed by atoms with Gasteiger partial charge in [0.2, 0.25) is 0 Å². The third-order valence-electron chi connectivity index (χ3n) is 4.34. The van der Waals surface area contributed by atoms with E-state index in [1.54, 1.807) is 18.3 Å². The molecule has 0 fully saturated rings. The molecule has 26 heavy (non-hydrogen) atoms. The molecule has 0 bridgehead atoms. The molecule has 0 amide bonds. The number of hydrogen-bond donors (Lipinski definition) is 4. The molecule has 0 aliphatic carbocycles. The molecule has 0 aliphatic rings. The van der Waals surface area contributed by atoms with E-state index in [0.717, 1.165) is 45.9 Å². The van der Waals surface area contributed by atoms with Crippen molar-refractivity contribution in [3.8, 4) is 28.1 Å². The predicted molar refractivity (Wildman–Crippen MR) is 102 cm³/mol. The van der Waals surface area contributed by atoms with Gasteiger partial charge in [-0.15, -0.1) is 0 Å². The molecule has 0 atom stereocenters. The number of rotatable bonds is 5. The van der Waals surface area contributed by atoms with Gasteiger partial charge < -0.3 is 10.4 Å². The topological polar surface area (TPSA) is 89.6 Å². The summed E-state index contributed by atoms with van der Waals surface area (Å²) < 4.78 is 0. The monoisotopic (exact) mass is 345 g/mol. The summed E-state index contributed by atoms with van der Waals surface area (Å²) in [5.41, 5.74) is 6.14. The molecule has 130 valence electrons. The van der Waals surface area contributed by atoms with Gasteiger partial charge in [0, 0.05) is 23.5 Å². The zero-order valence-electron chi connectivity index (χ0n) is 14.3. The molecule has 0 unspecified atom stereocenters. The minimum atomic E-state index is 0.271. The maximum atomic E-state index is 9.62. The second kappa shape index (κ2) is 6.76. The number of H-pyrrole nitrogens is 2. The van der Waals surface area contributed by atoms with E-state index < -0.39 is 0 Å². The Morgan fingerprint density at radius 3 is 2.54 bits per heavy atom. The van der Waals surface area contributed by atoms with Crippen molar-refractivity contribution in [2.24, 2.45) is 0 Å². The summed E-state index contributed by atoms with van der Waals surface area (Å²) in [7, 11) is 0. The maximum absolute atomic E-state index is 9.62. The van der Waals surface area contributed by atoms with Crippen LogP contribution in [0, 0.1) is 0 Å². The third kappa shape index (κ3) is 3.17. The first-order chi connectivity index (χ1) is 12.7. The predicted octanol–water partition coefficient (Wildman–Crippen LogP) is 4.48. The number of aromatic amines is 2. The molecule has 2 aromatic carbocycles. The fourth-order valence-electron chi connectivity index (χ4n) is 2.92. The Morgan fingerprint density at radius 1 is 1.00 bits per heavy atom. The molecule has 4 rings (SSSR count). The van der Waals surface area contributed by atoms with Gasteiger partial charge in [-0.25, -0.2) is 0 Å². The summed E-state index contributed by atoms with van der Waals surface area (Å²) in [5, 5.41) is 27.1. The van der Waals surface area contributed by atoms with Crippen LogP contribution in [-0.4, -0.2) is 25.5 Å². The van der Waals surface area contributed by atoms with E-state index in [2.05, 4.69) is 56.9 Å². The summed E-state index contributed by atoms with van der Waals surface area (Å²) in [4.78, 5) is 0. The van der Waals surface area contributed by atoms with Crippen molar-refractivity contribution in [2.75, 3.05) is 5.32 Å². The SMILES string of the molecule is CCc1cc(O)ccc1Nc1cc(-c2ccc(-c3cn[nH]c3)cc2)[nH]n1. The molecular weight excluding hydrogens is 326 g/mol. The number of anilines is 2. The van der Waals surface area contributed by atoms with Crippen molar-refractivity contribution in [1.29, 1.82) is 0 Å². The Labute approximate surface area is 150 Å². The molecule has 2 heterocycles. The third-order valence-corrected chi connectivity index (χ3v) is 4.34. The van der Waals surface area contributed by atoms with Crippen molar-refractivity contribution >= 4 is 11.5 Å². The van der Waals surface area contributed by atoms with Crippen LogP contribution in [0.3, 0.4) is 0 Å². The van der Waals surface area contributed by atoms with E-state index >= 15 is 0 Å². The highest BCUT2D eigenvalue weighted by Crippen LogP contribution is 2.28. The zero-order chi connectivity index (χ0) is 17.9. The lowest BCUT2D eigenvalue weighted by atomic mass is 10.1. The lowest BCUT2D eigenvalue weighted by molar-refractivity contribution is 0.474. The van der Waals surface area contributed by atoms with E-state index in [-0.39, 0.29) is 5.75 Å². The number of phenols is 1. The van der Waals surface area contributed by atoms with Crippen LogP contribution in [0.5, 0.6) is 5.75 Å². The van der Waals surface area contributed by atoms with Gasteiger partial charge in [-0.2, -0.15) is 10.2 Å².